The molecule has 0 unspecified atom stereocenters. The molecule has 0 aliphatic heterocycles. The van der Waals surface area contributed by atoms with Crippen molar-refractivity contribution in [1.29, 1.82) is 0 Å². The average Bonchev–Trinajstić information content (AvgIpc) is 2.74. The molecule has 2 rings (SSSR count). The first-order valence-corrected chi connectivity index (χ1v) is 7.99. The number of carbonyl (C=O) groups is 2. The summed E-state index contributed by atoms with van der Waals surface area (Å²) in [5, 5.41) is 4.86. The number of methoxy groups -OCH3 is 1. The first-order valence-electron chi connectivity index (χ1n) is 7.11. The van der Waals surface area contributed by atoms with Crippen molar-refractivity contribution in [1.82, 2.24) is 5.32 Å². The topological polar surface area (TPSA) is 64.6 Å². The standard InChI is InChI=1S/C15H21NO4S/c1-4-20-15(18)14-9(2)8-21-12(14)7-13(17)16-10-5-11(6-10)19-3/h8,10-11H,4-7H2,1-3H3,(H,16,17). The summed E-state index contributed by atoms with van der Waals surface area (Å²) in [5.74, 6) is -0.399. The number of hydrogen-bond donors (Lipinski definition) is 1. The van der Waals surface area contributed by atoms with E-state index in [2.05, 4.69) is 5.32 Å². The predicted octanol–water partition coefficient (Wildman–Crippen LogP) is 2.07. The fraction of sp³-hybridized carbons (Fsp3) is 0.600. The van der Waals surface area contributed by atoms with Gasteiger partial charge in [0.2, 0.25) is 5.91 Å². The quantitative estimate of drug-likeness (QED) is 0.817. The number of thiophene rings is 1. The van der Waals surface area contributed by atoms with Gasteiger partial charge in [0.1, 0.15) is 0 Å². The van der Waals surface area contributed by atoms with Gasteiger partial charge in [-0.25, -0.2) is 4.79 Å². The zero-order valence-electron chi connectivity index (χ0n) is 12.6. The first-order chi connectivity index (χ1) is 10.0. The Morgan fingerprint density at radius 1 is 1.43 bits per heavy atom. The van der Waals surface area contributed by atoms with Crippen LogP contribution in [0.3, 0.4) is 0 Å². The Morgan fingerprint density at radius 3 is 2.76 bits per heavy atom. The Labute approximate surface area is 128 Å². The van der Waals surface area contributed by atoms with Crippen LogP contribution in [0.4, 0.5) is 0 Å². The van der Waals surface area contributed by atoms with Crippen molar-refractivity contribution in [3.05, 3.63) is 21.4 Å². The highest BCUT2D eigenvalue weighted by atomic mass is 32.1. The molecule has 1 amide bonds. The lowest BCUT2D eigenvalue weighted by molar-refractivity contribution is -0.122. The highest BCUT2D eigenvalue weighted by molar-refractivity contribution is 7.10. The van der Waals surface area contributed by atoms with Crippen molar-refractivity contribution < 1.29 is 19.1 Å². The van der Waals surface area contributed by atoms with Gasteiger partial charge in [0.25, 0.3) is 0 Å². The third-order valence-corrected chi connectivity index (χ3v) is 4.75. The second-order valence-corrected chi connectivity index (χ2v) is 6.17. The van der Waals surface area contributed by atoms with E-state index >= 15 is 0 Å². The molecular weight excluding hydrogens is 290 g/mol. The third-order valence-electron chi connectivity index (χ3n) is 3.65. The summed E-state index contributed by atoms with van der Waals surface area (Å²) in [6, 6.07) is 0.189. The molecule has 5 nitrogen and oxygen atoms in total. The molecule has 0 atom stereocenters. The summed E-state index contributed by atoms with van der Waals surface area (Å²) in [4.78, 5) is 24.8. The van der Waals surface area contributed by atoms with Crippen molar-refractivity contribution in [3.8, 4) is 0 Å². The van der Waals surface area contributed by atoms with E-state index in [-0.39, 0.29) is 30.4 Å². The van der Waals surface area contributed by atoms with Gasteiger partial charge in [-0.3, -0.25) is 4.79 Å². The Hall–Kier alpha value is -1.40. The molecule has 1 heterocycles. The number of nitrogens with one attached hydrogen (secondary N) is 1. The van der Waals surface area contributed by atoms with Crippen LogP contribution in [0.2, 0.25) is 0 Å². The largest absolute Gasteiger partial charge is 0.462 e. The van der Waals surface area contributed by atoms with Crippen LogP contribution in [-0.2, 0) is 20.7 Å². The third kappa shape index (κ3) is 3.83. The van der Waals surface area contributed by atoms with Crippen LogP contribution in [0.25, 0.3) is 0 Å². The molecule has 0 spiro atoms. The fourth-order valence-corrected chi connectivity index (χ4v) is 3.42. The number of rotatable bonds is 6. The van der Waals surface area contributed by atoms with E-state index < -0.39 is 0 Å². The zero-order valence-corrected chi connectivity index (χ0v) is 13.4. The van der Waals surface area contributed by atoms with Crippen molar-refractivity contribution >= 4 is 23.2 Å². The zero-order chi connectivity index (χ0) is 15.4. The van der Waals surface area contributed by atoms with Gasteiger partial charge in [0.05, 0.1) is 24.7 Å². The molecule has 1 aromatic rings. The molecule has 1 aromatic heterocycles. The van der Waals surface area contributed by atoms with Crippen molar-refractivity contribution in [2.75, 3.05) is 13.7 Å². The Kier molecular flexibility index (Phi) is 5.36. The normalized spacial score (nSPS) is 20.7. The van der Waals surface area contributed by atoms with Crippen molar-refractivity contribution in [3.63, 3.8) is 0 Å². The van der Waals surface area contributed by atoms with Crippen LogP contribution >= 0.6 is 11.3 Å². The van der Waals surface area contributed by atoms with Gasteiger partial charge >= 0.3 is 5.97 Å². The maximum atomic E-state index is 12.1. The van der Waals surface area contributed by atoms with Gasteiger partial charge in [0, 0.05) is 18.0 Å². The summed E-state index contributed by atoms with van der Waals surface area (Å²) in [6.45, 7) is 3.97. The van der Waals surface area contributed by atoms with E-state index in [9.17, 15) is 9.59 Å². The van der Waals surface area contributed by atoms with E-state index in [4.69, 9.17) is 9.47 Å². The van der Waals surface area contributed by atoms with Gasteiger partial charge < -0.3 is 14.8 Å². The van der Waals surface area contributed by atoms with E-state index in [1.807, 2.05) is 12.3 Å². The van der Waals surface area contributed by atoms with Gasteiger partial charge in [-0.05, 0) is 37.6 Å². The molecule has 116 valence electrons. The summed E-state index contributed by atoms with van der Waals surface area (Å²) in [6.07, 6.45) is 2.20. The van der Waals surface area contributed by atoms with Crippen LogP contribution in [-0.4, -0.2) is 37.7 Å². The van der Waals surface area contributed by atoms with E-state index in [0.717, 1.165) is 23.3 Å². The van der Waals surface area contributed by atoms with Gasteiger partial charge in [-0.2, -0.15) is 0 Å². The molecule has 1 N–H and O–H groups in total. The van der Waals surface area contributed by atoms with E-state index in [1.54, 1.807) is 14.0 Å². The number of carbonyl (C=O) groups excluding carboxylic acids is 2. The van der Waals surface area contributed by atoms with Gasteiger partial charge in [-0.15, -0.1) is 11.3 Å². The van der Waals surface area contributed by atoms with Crippen LogP contribution in [0.1, 0.15) is 40.6 Å². The molecular formula is C15H21NO4S. The SMILES string of the molecule is CCOC(=O)c1c(C)csc1CC(=O)NC1CC(OC)C1. The van der Waals surface area contributed by atoms with E-state index in [0.29, 0.717) is 12.2 Å². The molecule has 1 aliphatic carbocycles. The predicted molar refractivity (Wildman–Crippen MR) is 80.7 cm³/mol. The molecule has 0 saturated heterocycles. The van der Waals surface area contributed by atoms with Crippen LogP contribution in [0, 0.1) is 6.92 Å². The number of esters is 1. The molecule has 1 fully saturated rings. The summed E-state index contributed by atoms with van der Waals surface area (Å²) in [7, 11) is 1.68. The minimum Gasteiger partial charge on any atom is -0.462 e. The van der Waals surface area contributed by atoms with Crippen molar-refractivity contribution in [2.24, 2.45) is 0 Å². The Morgan fingerprint density at radius 2 is 2.14 bits per heavy atom. The second-order valence-electron chi connectivity index (χ2n) is 5.21. The molecule has 1 aliphatic rings. The maximum absolute atomic E-state index is 12.1. The fourth-order valence-electron chi connectivity index (χ4n) is 2.41. The average molecular weight is 311 g/mol. The summed E-state index contributed by atoms with van der Waals surface area (Å²) in [5.41, 5.74) is 1.41. The Bertz CT molecular complexity index is 520. The highest BCUT2D eigenvalue weighted by Crippen LogP contribution is 2.25. The summed E-state index contributed by atoms with van der Waals surface area (Å²) >= 11 is 1.43. The minimum absolute atomic E-state index is 0.0537. The lowest BCUT2D eigenvalue weighted by Gasteiger charge is -2.34. The van der Waals surface area contributed by atoms with Crippen LogP contribution in [0.5, 0.6) is 0 Å². The molecule has 1 saturated carbocycles. The number of amides is 1. The molecule has 21 heavy (non-hydrogen) atoms. The highest BCUT2D eigenvalue weighted by Gasteiger charge is 2.30. The second kappa shape index (κ2) is 7.04. The maximum Gasteiger partial charge on any atom is 0.339 e. The molecule has 6 heteroatoms. The van der Waals surface area contributed by atoms with Crippen LogP contribution < -0.4 is 5.32 Å². The molecule has 0 radical (unpaired) electrons. The van der Waals surface area contributed by atoms with Crippen LogP contribution in [0.15, 0.2) is 5.38 Å². The van der Waals surface area contributed by atoms with Crippen molar-refractivity contribution in [2.45, 2.75) is 45.3 Å². The molecule has 0 bridgehead atoms. The summed E-state index contributed by atoms with van der Waals surface area (Å²) < 4.78 is 10.2. The lowest BCUT2D eigenvalue weighted by Crippen LogP contribution is -2.47. The Balaban J connectivity index is 1.93. The smallest absolute Gasteiger partial charge is 0.339 e. The lowest BCUT2D eigenvalue weighted by atomic mass is 9.89. The number of aryl methyl sites for hydroxylation is 1. The monoisotopic (exact) mass is 311 g/mol. The minimum atomic E-state index is -0.345. The molecule has 0 aromatic carbocycles. The van der Waals surface area contributed by atoms with Gasteiger partial charge in [-0.1, -0.05) is 0 Å². The first kappa shape index (κ1) is 16.0. The number of ether oxygens (including phenoxy) is 2. The van der Waals surface area contributed by atoms with E-state index in [1.165, 1.54) is 11.3 Å². The van der Waals surface area contributed by atoms with Gasteiger partial charge in [0.15, 0.2) is 0 Å². The number of hydrogen-bond acceptors (Lipinski definition) is 5.